The first kappa shape index (κ1) is 25.6. The predicted octanol–water partition coefficient (Wildman–Crippen LogP) is 3.98. The summed E-state index contributed by atoms with van der Waals surface area (Å²) >= 11 is 12.1. The number of rotatable bonds is 8. The molecule has 14 heteroatoms. The SMILES string of the molecule is CCS(=O)(=O)CCNc1c(S(C)=O)c(C(C)=O)nn1-c1c(Cl)cc(C(F)(F)F)cc1Cl. The maximum atomic E-state index is 13.1. The van der Waals surface area contributed by atoms with Crippen LogP contribution in [0.5, 0.6) is 0 Å². The van der Waals surface area contributed by atoms with Crippen LogP contribution in [0.1, 0.15) is 29.9 Å². The van der Waals surface area contributed by atoms with Gasteiger partial charge in [0, 0.05) is 25.5 Å². The number of alkyl halides is 3. The van der Waals surface area contributed by atoms with Crippen LogP contribution in [0.25, 0.3) is 5.69 Å². The van der Waals surface area contributed by atoms with Crippen molar-refractivity contribution in [1.29, 1.82) is 0 Å². The summed E-state index contributed by atoms with van der Waals surface area (Å²) in [6.45, 7) is 2.51. The molecule has 0 fully saturated rings. The lowest BCUT2D eigenvalue weighted by Crippen LogP contribution is -2.19. The van der Waals surface area contributed by atoms with Crippen molar-refractivity contribution in [3.8, 4) is 5.69 Å². The number of hydrogen-bond acceptors (Lipinski definition) is 6. The second-order valence-electron chi connectivity index (χ2n) is 6.40. The molecule has 2 rings (SSSR count). The van der Waals surface area contributed by atoms with Gasteiger partial charge in [0.05, 0.1) is 32.2 Å². The Bertz CT molecular complexity index is 1130. The Morgan fingerprint density at radius 3 is 2.23 bits per heavy atom. The minimum atomic E-state index is -4.70. The minimum absolute atomic E-state index is 0.0478. The van der Waals surface area contributed by atoms with Gasteiger partial charge in [-0.25, -0.2) is 13.1 Å². The number of sulfone groups is 1. The Morgan fingerprint density at radius 2 is 1.81 bits per heavy atom. The summed E-state index contributed by atoms with van der Waals surface area (Å²) in [5, 5.41) is 5.98. The molecule has 0 bridgehead atoms. The number of hydrogen-bond donors (Lipinski definition) is 1. The number of benzene rings is 1. The van der Waals surface area contributed by atoms with E-state index in [1.54, 1.807) is 0 Å². The number of ketones is 1. The molecule has 1 unspecified atom stereocenters. The normalized spacial score (nSPS) is 13.3. The van der Waals surface area contributed by atoms with Crippen LogP contribution in [0.15, 0.2) is 17.0 Å². The molecule has 1 aromatic heterocycles. The van der Waals surface area contributed by atoms with E-state index in [0.29, 0.717) is 12.1 Å². The Kier molecular flexibility index (Phi) is 7.83. The number of carbonyl (C=O) groups is 1. The summed E-state index contributed by atoms with van der Waals surface area (Å²) in [5.41, 5.74) is -1.49. The van der Waals surface area contributed by atoms with Crippen molar-refractivity contribution in [3.63, 3.8) is 0 Å². The fourth-order valence-electron chi connectivity index (χ4n) is 2.62. The van der Waals surface area contributed by atoms with Crippen LogP contribution in [0.3, 0.4) is 0 Å². The van der Waals surface area contributed by atoms with Crippen molar-refractivity contribution >= 4 is 55.4 Å². The van der Waals surface area contributed by atoms with E-state index >= 15 is 0 Å². The summed E-state index contributed by atoms with van der Waals surface area (Å²) in [4.78, 5) is 12.0. The van der Waals surface area contributed by atoms with E-state index in [0.717, 1.165) is 4.68 Å². The van der Waals surface area contributed by atoms with E-state index < -0.39 is 48.2 Å². The molecule has 7 nitrogen and oxygen atoms in total. The van der Waals surface area contributed by atoms with Gasteiger partial charge in [-0.1, -0.05) is 30.1 Å². The molecule has 1 atom stereocenters. The summed E-state index contributed by atoms with van der Waals surface area (Å²) < 4.78 is 76.1. The maximum absolute atomic E-state index is 13.1. The monoisotopic (exact) mass is 519 g/mol. The van der Waals surface area contributed by atoms with Crippen molar-refractivity contribution in [1.82, 2.24) is 9.78 Å². The van der Waals surface area contributed by atoms with E-state index in [4.69, 9.17) is 23.2 Å². The third kappa shape index (κ3) is 5.79. The molecule has 0 aliphatic heterocycles. The van der Waals surface area contributed by atoms with E-state index in [2.05, 4.69) is 10.4 Å². The van der Waals surface area contributed by atoms with Crippen molar-refractivity contribution in [2.45, 2.75) is 24.9 Å². The number of nitrogens with zero attached hydrogens (tertiary/aromatic N) is 2. The summed E-state index contributed by atoms with van der Waals surface area (Å²) in [7, 11) is -5.13. The zero-order valence-corrected chi connectivity index (χ0v) is 19.7. The Labute approximate surface area is 189 Å². The van der Waals surface area contributed by atoms with Gasteiger partial charge in [0.15, 0.2) is 15.6 Å². The van der Waals surface area contributed by atoms with Gasteiger partial charge in [0.2, 0.25) is 0 Å². The van der Waals surface area contributed by atoms with Crippen molar-refractivity contribution < 1.29 is 30.6 Å². The molecule has 0 saturated carbocycles. The second-order valence-corrected chi connectivity index (χ2v) is 11.0. The van der Waals surface area contributed by atoms with Crippen LogP contribution in [0.2, 0.25) is 10.0 Å². The van der Waals surface area contributed by atoms with Gasteiger partial charge in [-0.2, -0.15) is 18.3 Å². The first-order valence-electron chi connectivity index (χ1n) is 8.67. The molecule has 1 heterocycles. The molecule has 0 saturated heterocycles. The van der Waals surface area contributed by atoms with Gasteiger partial charge in [-0.15, -0.1) is 0 Å². The van der Waals surface area contributed by atoms with Crippen LogP contribution in [0.4, 0.5) is 19.0 Å². The number of aromatic nitrogens is 2. The van der Waals surface area contributed by atoms with Gasteiger partial charge in [-0.3, -0.25) is 9.00 Å². The Balaban J connectivity index is 2.71. The van der Waals surface area contributed by atoms with Crippen molar-refractivity contribution in [2.24, 2.45) is 0 Å². The maximum Gasteiger partial charge on any atom is 0.416 e. The Hall–Kier alpha value is -1.63. The highest BCUT2D eigenvalue weighted by Crippen LogP contribution is 2.39. The van der Waals surface area contributed by atoms with E-state index in [9.17, 15) is 30.6 Å². The molecule has 0 aliphatic rings. The number of halogens is 5. The van der Waals surface area contributed by atoms with Crippen LogP contribution in [0, 0.1) is 0 Å². The minimum Gasteiger partial charge on any atom is -0.368 e. The predicted molar refractivity (Wildman–Crippen MR) is 114 cm³/mol. The lowest BCUT2D eigenvalue weighted by atomic mass is 10.2. The fourth-order valence-corrected chi connectivity index (χ4v) is 4.86. The highest BCUT2D eigenvalue weighted by Gasteiger charge is 2.33. The number of nitrogens with one attached hydrogen (secondary N) is 1. The quantitative estimate of drug-likeness (QED) is 0.529. The largest absolute Gasteiger partial charge is 0.416 e. The molecule has 0 amide bonds. The first-order valence-corrected chi connectivity index (χ1v) is 12.8. The molecule has 1 aromatic carbocycles. The third-order valence-electron chi connectivity index (χ3n) is 4.16. The van der Waals surface area contributed by atoms with Crippen molar-refractivity contribution in [2.75, 3.05) is 29.6 Å². The molecule has 0 aliphatic carbocycles. The van der Waals surface area contributed by atoms with Gasteiger partial charge >= 0.3 is 6.18 Å². The molecule has 2 aromatic rings. The first-order chi connectivity index (χ1) is 14.2. The van der Waals surface area contributed by atoms with Crippen molar-refractivity contribution in [3.05, 3.63) is 33.4 Å². The molecule has 0 radical (unpaired) electrons. The second kappa shape index (κ2) is 9.47. The molecule has 1 N–H and O–H groups in total. The fraction of sp³-hybridized carbons (Fsp3) is 0.412. The zero-order chi connectivity index (χ0) is 23.7. The molecule has 0 spiro atoms. The summed E-state index contributed by atoms with van der Waals surface area (Å²) in [6.07, 6.45) is -3.43. The lowest BCUT2D eigenvalue weighted by molar-refractivity contribution is -0.137. The average Bonchev–Trinajstić information content (AvgIpc) is 3.00. The van der Waals surface area contributed by atoms with Gasteiger partial charge in [-0.05, 0) is 12.1 Å². The van der Waals surface area contributed by atoms with Crippen LogP contribution >= 0.6 is 23.2 Å². The summed E-state index contributed by atoms with van der Waals surface area (Å²) in [5.74, 6) is -1.00. The Morgan fingerprint density at radius 1 is 1.26 bits per heavy atom. The topological polar surface area (TPSA) is 98.1 Å². The number of Topliss-reactive ketones (excluding diaryl/α,β-unsaturated/α-hetero) is 1. The number of anilines is 1. The molecule has 172 valence electrons. The van der Waals surface area contributed by atoms with Crippen LogP contribution in [-0.4, -0.2) is 52.5 Å². The molecular weight excluding hydrogens is 502 g/mol. The van der Waals surface area contributed by atoms with E-state index in [-0.39, 0.29) is 40.1 Å². The zero-order valence-electron chi connectivity index (χ0n) is 16.5. The smallest absolute Gasteiger partial charge is 0.368 e. The standard InChI is InChI=1S/C17H18Cl2F3N3O4S2/c1-4-31(28,29)6-5-23-16-15(30(3)27)13(9(2)26)24-25(16)14-11(18)7-10(8-12(14)19)17(20,21)22/h7-8,23H,4-6H2,1-3H3. The summed E-state index contributed by atoms with van der Waals surface area (Å²) in [6, 6.07) is 1.29. The lowest BCUT2D eigenvalue weighted by Gasteiger charge is -2.15. The highest BCUT2D eigenvalue weighted by molar-refractivity contribution is 7.91. The van der Waals surface area contributed by atoms with Gasteiger partial charge < -0.3 is 5.32 Å². The van der Waals surface area contributed by atoms with Gasteiger partial charge in [0.1, 0.15) is 22.1 Å². The van der Waals surface area contributed by atoms with E-state index in [1.165, 1.54) is 20.1 Å². The van der Waals surface area contributed by atoms with Gasteiger partial charge in [0.25, 0.3) is 0 Å². The highest BCUT2D eigenvalue weighted by atomic mass is 35.5. The third-order valence-corrected chi connectivity index (χ3v) is 7.41. The average molecular weight is 520 g/mol. The van der Waals surface area contributed by atoms with Crippen LogP contribution in [-0.2, 0) is 26.8 Å². The van der Waals surface area contributed by atoms with E-state index in [1.807, 2.05) is 0 Å². The molecule has 31 heavy (non-hydrogen) atoms. The molecular formula is C17H18Cl2F3N3O4S2. The number of carbonyl (C=O) groups excluding carboxylic acids is 1. The van der Waals surface area contributed by atoms with Crippen LogP contribution < -0.4 is 5.32 Å².